The minimum absolute atomic E-state index is 0.236. The Kier molecular flexibility index (Phi) is 6.10. The molecule has 0 radical (unpaired) electrons. The van der Waals surface area contributed by atoms with E-state index in [1.165, 1.54) is 11.1 Å². The van der Waals surface area contributed by atoms with Crippen molar-refractivity contribution in [2.45, 2.75) is 46.3 Å². The maximum Gasteiger partial charge on any atom is 0.410 e. The van der Waals surface area contributed by atoms with Gasteiger partial charge in [0.25, 0.3) is 0 Å². The molecule has 1 atom stereocenters. The molecule has 1 aromatic carbocycles. The van der Waals surface area contributed by atoms with Gasteiger partial charge >= 0.3 is 6.09 Å². The Labute approximate surface area is 145 Å². The van der Waals surface area contributed by atoms with Gasteiger partial charge in [0, 0.05) is 32.4 Å². The highest BCUT2D eigenvalue weighted by atomic mass is 16.6. The Hall–Kier alpha value is -1.75. The Balaban J connectivity index is 1.99. The monoisotopic (exact) mass is 334 g/mol. The SMILES string of the molecule is COCC(C)CNc1ccc2c(c1)CN(C(=O)OC(C)(C)C)CC2. The highest BCUT2D eigenvalue weighted by Gasteiger charge is 2.25. The van der Waals surface area contributed by atoms with Crippen LogP contribution in [0, 0.1) is 5.92 Å². The zero-order valence-corrected chi connectivity index (χ0v) is 15.5. The Morgan fingerprint density at radius 3 is 2.75 bits per heavy atom. The standard InChI is InChI=1S/C19H30N2O3/c1-14(13-23-5)11-20-17-7-6-15-8-9-21(12-16(15)10-17)18(22)24-19(2,3)4/h6-7,10,14,20H,8-9,11-13H2,1-5H3. The molecule has 1 aliphatic rings. The fourth-order valence-corrected chi connectivity index (χ4v) is 2.78. The number of rotatable bonds is 5. The number of fused-ring (bicyclic) bond motifs is 1. The predicted octanol–water partition coefficient (Wildman–Crippen LogP) is 3.67. The van der Waals surface area contributed by atoms with E-state index in [-0.39, 0.29) is 6.09 Å². The number of carbonyl (C=O) groups is 1. The second-order valence-electron chi connectivity index (χ2n) is 7.58. The normalized spacial score (nSPS) is 15.6. The summed E-state index contributed by atoms with van der Waals surface area (Å²) in [4.78, 5) is 14.1. The summed E-state index contributed by atoms with van der Waals surface area (Å²) in [5, 5.41) is 3.45. The highest BCUT2D eigenvalue weighted by Crippen LogP contribution is 2.24. The molecule has 0 fully saturated rings. The zero-order chi connectivity index (χ0) is 17.7. The van der Waals surface area contributed by atoms with Crippen molar-refractivity contribution in [1.29, 1.82) is 0 Å². The molecule has 0 spiro atoms. The van der Waals surface area contributed by atoms with Gasteiger partial charge in [-0.25, -0.2) is 4.79 Å². The molecular weight excluding hydrogens is 304 g/mol. The smallest absolute Gasteiger partial charge is 0.410 e. The van der Waals surface area contributed by atoms with Crippen LogP contribution in [0.15, 0.2) is 18.2 Å². The summed E-state index contributed by atoms with van der Waals surface area (Å²) in [6, 6.07) is 6.41. The first kappa shape index (κ1) is 18.6. The molecule has 2 rings (SSSR count). The van der Waals surface area contributed by atoms with Crippen molar-refractivity contribution in [1.82, 2.24) is 4.90 Å². The van der Waals surface area contributed by atoms with E-state index in [0.29, 0.717) is 19.0 Å². The molecule has 134 valence electrons. The van der Waals surface area contributed by atoms with Crippen molar-refractivity contribution in [3.63, 3.8) is 0 Å². The number of carbonyl (C=O) groups excluding carboxylic acids is 1. The third-order valence-electron chi connectivity index (χ3n) is 3.98. The number of nitrogens with zero attached hydrogens (tertiary/aromatic N) is 1. The molecule has 1 aromatic rings. The van der Waals surface area contributed by atoms with Crippen molar-refractivity contribution in [3.8, 4) is 0 Å². The van der Waals surface area contributed by atoms with Gasteiger partial charge in [-0.05, 0) is 56.4 Å². The van der Waals surface area contributed by atoms with Crippen LogP contribution in [-0.4, -0.2) is 43.4 Å². The third-order valence-corrected chi connectivity index (χ3v) is 3.98. The van der Waals surface area contributed by atoms with Crippen LogP contribution in [-0.2, 0) is 22.4 Å². The lowest BCUT2D eigenvalue weighted by molar-refractivity contribution is 0.0224. The number of hydrogen-bond acceptors (Lipinski definition) is 4. The summed E-state index contributed by atoms with van der Waals surface area (Å²) in [5.41, 5.74) is 3.13. The van der Waals surface area contributed by atoms with E-state index in [4.69, 9.17) is 9.47 Å². The van der Waals surface area contributed by atoms with E-state index < -0.39 is 5.60 Å². The van der Waals surface area contributed by atoms with Gasteiger partial charge < -0.3 is 19.7 Å². The molecule has 1 N–H and O–H groups in total. The molecule has 1 amide bonds. The second kappa shape index (κ2) is 7.88. The first-order valence-electron chi connectivity index (χ1n) is 8.61. The first-order chi connectivity index (χ1) is 11.3. The van der Waals surface area contributed by atoms with Crippen LogP contribution >= 0.6 is 0 Å². The van der Waals surface area contributed by atoms with Crippen LogP contribution in [0.3, 0.4) is 0 Å². The molecule has 0 bridgehead atoms. The number of ether oxygens (including phenoxy) is 2. The Morgan fingerprint density at radius 1 is 1.33 bits per heavy atom. The maximum atomic E-state index is 12.3. The molecular formula is C19H30N2O3. The van der Waals surface area contributed by atoms with E-state index in [0.717, 1.165) is 25.3 Å². The Bertz CT molecular complexity index is 566. The van der Waals surface area contributed by atoms with E-state index in [1.54, 1.807) is 12.0 Å². The molecule has 24 heavy (non-hydrogen) atoms. The van der Waals surface area contributed by atoms with E-state index in [9.17, 15) is 4.79 Å². The van der Waals surface area contributed by atoms with Crippen molar-refractivity contribution >= 4 is 11.8 Å². The average molecular weight is 334 g/mol. The fourth-order valence-electron chi connectivity index (χ4n) is 2.78. The lowest BCUT2D eigenvalue weighted by atomic mass is 9.99. The van der Waals surface area contributed by atoms with Gasteiger partial charge in [-0.2, -0.15) is 0 Å². The minimum atomic E-state index is -0.460. The quantitative estimate of drug-likeness (QED) is 0.892. The van der Waals surface area contributed by atoms with E-state index in [1.807, 2.05) is 20.8 Å². The number of anilines is 1. The minimum Gasteiger partial charge on any atom is -0.444 e. The fraction of sp³-hybridized carbons (Fsp3) is 0.632. The number of hydrogen-bond donors (Lipinski definition) is 1. The van der Waals surface area contributed by atoms with Crippen molar-refractivity contribution < 1.29 is 14.3 Å². The van der Waals surface area contributed by atoms with E-state index in [2.05, 4.69) is 30.4 Å². The highest BCUT2D eigenvalue weighted by molar-refractivity contribution is 5.69. The van der Waals surface area contributed by atoms with Crippen LogP contribution in [0.25, 0.3) is 0 Å². The molecule has 5 heteroatoms. The number of methoxy groups -OCH3 is 1. The average Bonchev–Trinajstić information content (AvgIpc) is 2.51. The summed E-state index contributed by atoms with van der Waals surface area (Å²) in [6.07, 6.45) is 0.634. The van der Waals surface area contributed by atoms with Crippen LogP contribution in [0.1, 0.15) is 38.8 Å². The largest absolute Gasteiger partial charge is 0.444 e. The molecule has 1 heterocycles. The van der Waals surface area contributed by atoms with Crippen LogP contribution < -0.4 is 5.32 Å². The van der Waals surface area contributed by atoms with Crippen molar-refractivity contribution in [3.05, 3.63) is 29.3 Å². The van der Waals surface area contributed by atoms with Crippen LogP contribution in [0.2, 0.25) is 0 Å². The van der Waals surface area contributed by atoms with Gasteiger partial charge in [-0.3, -0.25) is 0 Å². The molecule has 1 unspecified atom stereocenters. The van der Waals surface area contributed by atoms with Gasteiger partial charge in [0.15, 0.2) is 0 Å². The molecule has 0 aromatic heterocycles. The summed E-state index contributed by atoms with van der Waals surface area (Å²) in [7, 11) is 1.72. The number of benzene rings is 1. The van der Waals surface area contributed by atoms with Crippen molar-refractivity contribution in [2.75, 3.05) is 32.1 Å². The number of nitrogens with one attached hydrogen (secondary N) is 1. The third kappa shape index (κ3) is 5.41. The summed E-state index contributed by atoms with van der Waals surface area (Å²) < 4.78 is 10.7. The van der Waals surface area contributed by atoms with Gasteiger partial charge in [0.2, 0.25) is 0 Å². The maximum absolute atomic E-state index is 12.3. The summed E-state index contributed by atoms with van der Waals surface area (Å²) in [5.74, 6) is 0.448. The van der Waals surface area contributed by atoms with Gasteiger partial charge in [0.05, 0.1) is 6.61 Å². The molecule has 0 saturated heterocycles. The number of amides is 1. The molecule has 5 nitrogen and oxygen atoms in total. The Morgan fingerprint density at radius 2 is 2.08 bits per heavy atom. The topological polar surface area (TPSA) is 50.8 Å². The van der Waals surface area contributed by atoms with Gasteiger partial charge in [-0.15, -0.1) is 0 Å². The van der Waals surface area contributed by atoms with E-state index >= 15 is 0 Å². The lowest BCUT2D eigenvalue weighted by Gasteiger charge is -2.31. The zero-order valence-electron chi connectivity index (χ0n) is 15.5. The summed E-state index contributed by atoms with van der Waals surface area (Å²) >= 11 is 0. The lowest BCUT2D eigenvalue weighted by Crippen LogP contribution is -2.39. The van der Waals surface area contributed by atoms with Crippen LogP contribution in [0.4, 0.5) is 10.5 Å². The molecule has 1 aliphatic heterocycles. The van der Waals surface area contributed by atoms with Crippen LogP contribution in [0.5, 0.6) is 0 Å². The predicted molar refractivity (Wildman–Crippen MR) is 96.3 cm³/mol. The summed E-state index contributed by atoms with van der Waals surface area (Å²) in [6.45, 7) is 10.8. The van der Waals surface area contributed by atoms with Gasteiger partial charge in [-0.1, -0.05) is 13.0 Å². The molecule has 0 saturated carbocycles. The second-order valence-corrected chi connectivity index (χ2v) is 7.58. The first-order valence-corrected chi connectivity index (χ1v) is 8.61. The van der Waals surface area contributed by atoms with Gasteiger partial charge in [0.1, 0.15) is 5.60 Å². The van der Waals surface area contributed by atoms with Crippen molar-refractivity contribution in [2.24, 2.45) is 5.92 Å². The molecule has 0 aliphatic carbocycles.